The summed E-state index contributed by atoms with van der Waals surface area (Å²) in [6.45, 7) is 0. The first-order valence-corrected chi connectivity index (χ1v) is 9.53. The molecule has 1 heterocycles. The van der Waals surface area contributed by atoms with Crippen molar-refractivity contribution >= 4 is 33.0 Å². The quantitative estimate of drug-likeness (QED) is 0.760. The van der Waals surface area contributed by atoms with Crippen LogP contribution in [0.15, 0.2) is 18.3 Å². The summed E-state index contributed by atoms with van der Waals surface area (Å²) < 4.78 is 63.2. The lowest BCUT2D eigenvalue weighted by Crippen LogP contribution is -2.09. The van der Waals surface area contributed by atoms with Crippen LogP contribution in [-0.4, -0.2) is 24.5 Å². The Kier molecular flexibility index (Phi) is 4.13. The van der Waals surface area contributed by atoms with Crippen LogP contribution in [0.3, 0.4) is 0 Å². The number of halogens is 5. The Morgan fingerprint density at radius 1 is 1.25 bits per heavy atom. The summed E-state index contributed by atoms with van der Waals surface area (Å²) in [5, 5.41) is 3.14. The molecule has 1 atom stereocenters. The lowest BCUT2D eigenvalue weighted by atomic mass is 10.2. The van der Waals surface area contributed by atoms with Gasteiger partial charge in [-0.15, -0.1) is 0 Å². The number of hydrogen-bond acceptors (Lipinski definition) is 3. The average Bonchev–Trinajstić information content (AvgIpc) is 2.94. The zero-order valence-corrected chi connectivity index (χ0v) is 14.6. The van der Waals surface area contributed by atoms with Crippen molar-refractivity contribution in [3.63, 3.8) is 0 Å². The topological polar surface area (TPSA) is 52.0 Å². The molecule has 0 saturated heterocycles. The highest BCUT2D eigenvalue weighted by Crippen LogP contribution is 2.40. The van der Waals surface area contributed by atoms with Crippen molar-refractivity contribution in [2.24, 2.45) is 0 Å². The lowest BCUT2D eigenvalue weighted by Gasteiger charge is -2.13. The summed E-state index contributed by atoms with van der Waals surface area (Å²) in [6, 6.07) is 1.53. The first-order chi connectivity index (χ1) is 11.0. The van der Waals surface area contributed by atoms with Crippen molar-refractivity contribution < 1.29 is 21.6 Å². The maximum atomic E-state index is 12.8. The summed E-state index contributed by atoms with van der Waals surface area (Å²) in [6.07, 6.45) is -1.06. The third-order valence-electron chi connectivity index (χ3n) is 3.90. The van der Waals surface area contributed by atoms with Crippen LogP contribution < -0.4 is 0 Å². The Labute approximate surface area is 146 Å². The van der Waals surface area contributed by atoms with Crippen molar-refractivity contribution in [1.82, 2.24) is 9.78 Å². The molecule has 130 valence electrons. The van der Waals surface area contributed by atoms with Crippen molar-refractivity contribution in [2.45, 2.75) is 24.3 Å². The molecule has 0 N–H and O–H groups in total. The van der Waals surface area contributed by atoms with E-state index in [4.69, 9.17) is 23.2 Å². The molecule has 0 spiro atoms. The van der Waals surface area contributed by atoms with E-state index in [1.54, 1.807) is 0 Å². The van der Waals surface area contributed by atoms with Gasteiger partial charge in [-0.3, -0.25) is 0 Å². The summed E-state index contributed by atoms with van der Waals surface area (Å²) in [7, 11) is -3.30. The van der Waals surface area contributed by atoms with Gasteiger partial charge in [-0.2, -0.15) is 18.3 Å². The first-order valence-electron chi connectivity index (χ1n) is 6.82. The van der Waals surface area contributed by atoms with Crippen molar-refractivity contribution in [3.05, 3.63) is 45.2 Å². The van der Waals surface area contributed by atoms with E-state index in [1.165, 1.54) is 10.9 Å². The molecule has 3 rings (SSSR count). The van der Waals surface area contributed by atoms with Gasteiger partial charge in [0.15, 0.2) is 9.84 Å². The van der Waals surface area contributed by atoms with E-state index in [-0.39, 0.29) is 15.7 Å². The molecule has 0 amide bonds. The Hall–Kier alpha value is -1.25. The standard InChI is InChI=1S/C14H11Cl2F3N2O2S/c1-24(22,23)12-3-2-11-8(12)6-21(20-11)13-9(15)4-7(5-10(13)16)14(17,18)19/h4-6,12H,2-3H2,1H3. The van der Waals surface area contributed by atoms with Gasteiger partial charge in [0.25, 0.3) is 0 Å². The fourth-order valence-corrected chi connectivity index (χ4v) is 4.68. The predicted molar refractivity (Wildman–Crippen MR) is 84.5 cm³/mol. The van der Waals surface area contributed by atoms with Crippen molar-refractivity contribution in [2.75, 3.05) is 6.26 Å². The zero-order valence-electron chi connectivity index (χ0n) is 12.2. The fourth-order valence-electron chi connectivity index (χ4n) is 2.82. The Morgan fingerprint density at radius 2 is 1.83 bits per heavy atom. The molecule has 1 unspecified atom stereocenters. The number of alkyl halides is 3. The highest BCUT2D eigenvalue weighted by Gasteiger charge is 2.35. The Morgan fingerprint density at radius 3 is 2.33 bits per heavy atom. The number of rotatable bonds is 2. The van der Waals surface area contributed by atoms with Crippen molar-refractivity contribution in [3.8, 4) is 5.69 Å². The van der Waals surface area contributed by atoms with E-state index in [1.807, 2.05) is 0 Å². The SMILES string of the molecule is CS(=O)(=O)C1CCc2nn(-c3c(Cl)cc(C(F)(F)F)cc3Cl)cc21. The molecule has 1 aromatic carbocycles. The molecule has 0 radical (unpaired) electrons. The number of sulfone groups is 1. The van der Waals surface area contributed by atoms with Crippen LogP contribution in [0.25, 0.3) is 5.69 Å². The molecule has 0 saturated carbocycles. The molecule has 0 bridgehead atoms. The van der Waals surface area contributed by atoms with E-state index >= 15 is 0 Å². The van der Waals surface area contributed by atoms with Gasteiger partial charge in [0.2, 0.25) is 0 Å². The van der Waals surface area contributed by atoms with Crippen LogP contribution >= 0.6 is 23.2 Å². The summed E-state index contributed by atoms with van der Waals surface area (Å²) >= 11 is 11.9. The van der Waals surface area contributed by atoms with Crippen LogP contribution in [0.2, 0.25) is 10.0 Å². The number of benzene rings is 1. The summed E-state index contributed by atoms with van der Waals surface area (Å²) in [4.78, 5) is 0. The van der Waals surface area contributed by atoms with E-state index in [0.29, 0.717) is 24.1 Å². The molecule has 1 aliphatic rings. The fraction of sp³-hybridized carbons (Fsp3) is 0.357. The third kappa shape index (κ3) is 3.02. The number of aromatic nitrogens is 2. The average molecular weight is 399 g/mol. The van der Waals surface area contributed by atoms with Crippen LogP contribution in [-0.2, 0) is 22.4 Å². The van der Waals surface area contributed by atoms with E-state index in [0.717, 1.165) is 18.4 Å². The van der Waals surface area contributed by atoms with Gasteiger partial charge in [-0.1, -0.05) is 23.2 Å². The number of aryl methyl sites for hydroxylation is 1. The molecular weight excluding hydrogens is 388 g/mol. The Bertz CT molecular complexity index is 900. The van der Waals surface area contributed by atoms with Gasteiger partial charge < -0.3 is 0 Å². The minimum atomic E-state index is -4.57. The molecule has 1 aromatic heterocycles. The second-order valence-corrected chi connectivity index (χ2v) is 8.66. The van der Waals surface area contributed by atoms with Gasteiger partial charge in [0.1, 0.15) is 5.69 Å². The Balaban J connectivity index is 2.09. The number of hydrogen-bond donors (Lipinski definition) is 0. The smallest absolute Gasteiger partial charge is 0.237 e. The van der Waals surface area contributed by atoms with Crippen molar-refractivity contribution in [1.29, 1.82) is 0 Å². The van der Waals surface area contributed by atoms with Gasteiger partial charge in [-0.05, 0) is 25.0 Å². The van der Waals surface area contributed by atoms with Crippen LogP contribution in [0.1, 0.15) is 28.5 Å². The molecular formula is C14H11Cl2F3N2O2S. The highest BCUT2D eigenvalue weighted by molar-refractivity contribution is 7.90. The normalized spacial score (nSPS) is 18.0. The van der Waals surface area contributed by atoms with E-state index < -0.39 is 26.8 Å². The minimum absolute atomic E-state index is 0.0907. The second kappa shape index (κ2) is 5.64. The number of nitrogens with zero attached hydrogens (tertiary/aromatic N) is 2. The summed E-state index contributed by atoms with van der Waals surface area (Å²) in [5.74, 6) is 0. The maximum absolute atomic E-state index is 12.8. The monoisotopic (exact) mass is 398 g/mol. The molecule has 10 heteroatoms. The van der Waals surface area contributed by atoms with Crippen LogP contribution in [0.4, 0.5) is 13.2 Å². The molecule has 0 fully saturated rings. The molecule has 2 aromatic rings. The maximum Gasteiger partial charge on any atom is 0.416 e. The highest BCUT2D eigenvalue weighted by atomic mass is 35.5. The molecule has 4 nitrogen and oxygen atoms in total. The summed E-state index contributed by atoms with van der Waals surface area (Å²) in [5.41, 5.74) is 0.241. The van der Waals surface area contributed by atoms with E-state index in [2.05, 4.69) is 5.10 Å². The lowest BCUT2D eigenvalue weighted by molar-refractivity contribution is -0.137. The van der Waals surface area contributed by atoms with Crippen LogP contribution in [0.5, 0.6) is 0 Å². The first kappa shape index (κ1) is 17.6. The number of fused-ring (bicyclic) bond motifs is 1. The van der Waals surface area contributed by atoms with Gasteiger partial charge >= 0.3 is 6.18 Å². The van der Waals surface area contributed by atoms with Gasteiger partial charge in [-0.25, -0.2) is 13.1 Å². The zero-order chi connectivity index (χ0) is 17.9. The molecule has 0 aliphatic heterocycles. The largest absolute Gasteiger partial charge is 0.416 e. The van der Waals surface area contributed by atoms with Crippen LogP contribution in [0, 0.1) is 0 Å². The van der Waals surface area contributed by atoms with Gasteiger partial charge in [0, 0.05) is 18.0 Å². The molecule has 1 aliphatic carbocycles. The minimum Gasteiger partial charge on any atom is -0.237 e. The molecule has 24 heavy (non-hydrogen) atoms. The third-order valence-corrected chi connectivity index (χ3v) is 6.00. The van der Waals surface area contributed by atoms with E-state index in [9.17, 15) is 21.6 Å². The predicted octanol–water partition coefficient (Wildman–Crippen LogP) is 4.23. The van der Waals surface area contributed by atoms with Gasteiger partial charge in [0.05, 0.1) is 26.6 Å². The second-order valence-electron chi connectivity index (χ2n) is 5.62.